The van der Waals surface area contributed by atoms with Crippen LogP contribution in [0.2, 0.25) is 0 Å². The molecule has 0 unspecified atom stereocenters. The molecule has 1 aromatic rings. The maximum Gasteiger partial charge on any atom is 0.344 e. The van der Waals surface area contributed by atoms with Crippen molar-refractivity contribution in [3.05, 3.63) is 41.9 Å². The topological polar surface area (TPSA) is 9.23 Å². The van der Waals surface area contributed by atoms with E-state index in [-0.39, 0.29) is 11.2 Å². The maximum absolute atomic E-state index is 13.1. The van der Waals surface area contributed by atoms with Gasteiger partial charge in [0.2, 0.25) is 0 Å². The summed E-state index contributed by atoms with van der Waals surface area (Å²) in [6, 6.07) is 5.42. The lowest BCUT2D eigenvalue weighted by molar-refractivity contribution is 0.124. The first-order chi connectivity index (χ1) is 13.5. The van der Waals surface area contributed by atoms with Crippen molar-refractivity contribution in [3.63, 3.8) is 0 Å². The van der Waals surface area contributed by atoms with Gasteiger partial charge in [-0.05, 0) is 60.6 Å². The maximum atomic E-state index is 13.1. The molecule has 4 heteroatoms. The fraction of sp³-hybridized carbons (Fsp3) is 0.667. The SMILES string of the molecule is CCCCC1CCC(C2(c3ccc(OC(F)=C(F)F)cc3)CCCCC2)CC1. The van der Waals surface area contributed by atoms with E-state index < -0.39 is 12.1 Å². The molecule has 156 valence electrons. The third-order valence-corrected chi connectivity index (χ3v) is 7.13. The average molecular weight is 395 g/mol. The largest absolute Gasteiger partial charge is 0.428 e. The molecule has 28 heavy (non-hydrogen) atoms. The highest BCUT2D eigenvalue weighted by molar-refractivity contribution is 5.34. The fourth-order valence-electron chi connectivity index (χ4n) is 5.61. The minimum Gasteiger partial charge on any atom is -0.428 e. The molecule has 0 atom stereocenters. The lowest BCUT2D eigenvalue weighted by Crippen LogP contribution is -2.39. The molecule has 0 spiro atoms. The van der Waals surface area contributed by atoms with Crippen LogP contribution in [0.3, 0.4) is 0 Å². The van der Waals surface area contributed by atoms with Crippen LogP contribution in [-0.4, -0.2) is 0 Å². The smallest absolute Gasteiger partial charge is 0.344 e. The molecule has 0 amide bonds. The first kappa shape index (κ1) is 21.3. The second-order valence-electron chi connectivity index (χ2n) is 8.74. The van der Waals surface area contributed by atoms with Crippen LogP contribution in [0, 0.1) is 11.8 Å². The molecule has 0 heterocycles. The summed E-state index contributed by atoms with van der Waals surface area (Å²) in [6.07, 6.45) is 13.0. The molecule has 2 aliphatic carbocycles. The van der Waals surface area contributed by atoms with Crippen LogP contribution in [-0.2, 0) is 5.41 Å². The summed E-state index contributed by atoms with van der Waals surface area (Å²) in [7, 11) is 0. The van der Waals surface area contributed by atoms with Crippen LogP contribution in [0.4, 0.5) is 13.2 Å². The van der Waals surface area contributed by atoms with Gasteiger partial charge in [0.15, 0.2) is 0 Å². The van der Waals surface area contributed by atoms with Crippen molar-refractivity contribution >= 4 is 0 Å². The monoisotopic (exact) mass is 394 g/mol. The minimum absolute atomic E-state index is 0.128. The molecule has 0 radical (unpaired) electrons. The summed E-state index contributed by atoms with van der Waals surface area (Å²) in [5, 5.41) is 0. The van der Waals surface area contributed by atoms with Crippen LogP contribution in [0.25, 0.3) is 0 Å². The number of hydrogen-bond acceptors (Lipinski definition) is 1. The van der Waals surface area contributed by atoms with Gasteiger partial charge in [0.1, 0.15) is 5.75 Å². The normalized spacial score (nSPS) is 24.6. The quantitative estimate of drug-likeness (QED) is 0.423. The highest BCUT2D eigenvalue weighted by atomic mass is 19.3. The Morgan fingerprint density at radius 1 is 0.964 bits per heavy atom. The number of halogens is 3. The summed E-state index contributed by atoms with van der Waals surface area (Å²) in [6.45, 7) is 2.26. The second kappa shape index (κ2) is 9.84. The molecule has 0 bridgehead atoms. The zero-order valence-electron chi connectivity index (χ0n) is 17.0. The van der Waals surface area contributed by atoms with Gasteiger partial charge in [-0.3, -0.25) is 0 Å². The van der Waals surface area contributed by atoms with Crippen molar-refractivity contribution in [2.24, 2.45) is 11.8 Å². The number of unbranched alkanes of at least 4 members (excludes halogenated alkanes) is 1. The molecular weight excluding hydrogens is 361 g/mol. The lowest BCUT2D eigenvalue weighted by atomic mass is 9.57. The third kappa shape index (κ3) is 4.93. The van der Waals surface area contributed by atoms with Crippen LogP contribution in [0.1, 0.15) is 89.5 Å². The van der Waals surface area contributed by atoms with E-state index in [1.807, 2.05) is 12.1 Å². The van der Waals surface area contributed by atoms with Gasteiger partial charge in [0.05, 0.1) is 0 Å². The second-order valence-corrected chi connectivity index (χ2v) is 8.74. The Hall–Kier alpha value is -1.45. The van der Waals surface area contributed by atoms with E-state index in [4.69, 9.17) is 0 Å². The Morgan fingerprint density at radius 2 is 1.61 bits per heavy atom. The van der Waals surface area contributed by atoms with Crippen LogP contribution >= 0.6 is 0 Å². The molecule has 1 aromatic carbocycles. The van der Waals surface area contributed by atoms with Gasteiger partial charge >= 0.3 is 12.1 Å². The summed E-state index contributed by atoms with van der Waals surface area (Å²) in [4.78, 5) is 0. The van der Waals surface area contributed by atoms with Gasteiger partial charge in [0.25, 0.3) is 0 Å². The Bertz CT molecular complexity index is 634. The summed E-state index contributed by atoms with van der Waals surface area (Å²) in [5.41, 5.74) is 1.47. The minimum atomic E-state index is -2.42. The zero-order valence-corrected chi connectivity index (χ0v) is 17.0. The molecule has 0 aromatic heterocycles. The summed E-state index contributed by atoms with van der Waals surface area (Å²) >= 11 is 0. The summed E-state index contributed by atoms with van der Waals surface area (Å²) < 4.78 is 42.2. The van der Waals surface area contributed by atoms with E-state index in [0.717, 1.165) is 5.92 Å². The lowest BCUT2D eigenvalue weighted by Gasteiger charge is -2.47. The number of rotatable bonds is 7. The predicted molar refractivity (Wildman–Crippen MR) is 107 cm³/mol. The van der Waals surface area contributed by atoms with Crippen LogP contribution in [0.15, 0.2) is 36.4 Å². The van der Waals surface area contributed by atoms with E-state index in [1.54, 1.807) is 12.1 Å². The Morgan fingerprint density at radius 3 is 2.18 bits per heavy atom. The zero-order chi connectivity index (χ0) is 20.0. The summed E-state index contributed by atoms with van der Waals surface area (Å²) in [5.74, 6) is 1.71. The standard InChI is InChI=1S/C24H33F3O/c1-2-3-7-18-8-10-19(11-9-18)24(16-5-4-6-17-24)20-12-14-21(15-13-20)28-23(27)22(25)26/h12-15,18-19H,2-11,16-17H2,1H3. The number of ether oxygens (including phenoxy) is 1. The number of benzene rings is 1. The van der Waals surface area contributed by atoms with Crippen molar-refractivity contribution in [2.75, 3.05) is 0 Å². The molecule has 2 fully saturated rings. The molecule has 2 saturated carbocycles. The first-order valence-corrected chi connectivity index (χ1v) is 11.0. The predicted octanol–water partition coefficient (Wildman–Crippen LogP) is 8.30. The van der Waals surface area contributed by atoms with Crippen molar-refractivity contribution in [1.82, 2.24) is 0 Å². The van der Waals surface area contributed by atoms with Gasteiger partial charge in [0, 0.05) is 0 Å². The van der Waals surface area contributed by atoms with Gasteiger partial charge in [-0.2, -0.15) is 13.2 Å². The van der Waals surface area contributed by atoms with E-state index in [2.05, 4.69) is 11.7 Å². The van der Waals surface area contributed by atoms with Gasteiger partial charge < -0.3 is 4.74 Å². The van der Waals surface area contributed by atoms with Crippen molar-refractivity contribution < 1.29 is 17.9 Å². The van der Waals surface area contributed by atoms with E-state index in [0.29, 0.717) is 5.92 Å². The highest BCUT2D eigenvalue weighted by Crippen LogP contribution is 2.51. The third-order valence-electron chi connectivity index (χ3n) is 7.13. The Kier molecular flexibility index (Phi) is 7.48. The molecular formula is C24H33F3O. The van der Waals surface area contributed by atoms with E-state index in [9.17, 15) is 13.2 Å². The van der Waals surface area contributed by atoms with E-state index >= 15 is 0 Å². The Balaban J connectivity index is 1.74. The van der Waals surface area contributed by atoms with Gasteiger partial charge in [-0.15, -0.1) is 0 Å². The Labute approximate surface area is 167 Å². The van der Waals surface area contributed by atoms with Gasteiger partial charge in [-0.1, -0.05) is 70.4 Å². The molecule has 2 aliphatic rings. The number of hydrogen-bond donors (Lipinski definition) is 0. The molecule has 0 aliphatic heterocycles. The molecule has 0 saturated heterocycles. The van der Waals surface area contributed by atoms with E-state index in [1.165, 1.54) is 82.6 Å². The highest BCUT2D eigenvalue weighted by Gasteiger charge is 2.42. The molecule has 0 N–H and O–H groups in total. The van der Waals surface area contributed by atoms with Crippen molar-refractivity contribution in [1.29, 1.82) is 0 Å². The van der Waals surface area contributed by atoms with Crippen LogP contribution in [0.5, 0.6) is 5.75 Å². The fourth-order valence-corrected chi connectivity index (χ4v) is 5.61. The average Bonchev–Trinajstić information content (AvgIpc) is 2.73. The van der Waals surface area contributed by atoms with Crippen LogP contribution < -0.4 is 4.74 Å². The molecule has 3 rings (SSSR count). The van der Waals surface area contributed by atoms with Crippen molar-refractivity contribution in [2.45, 2.75) is 89.4 Å². The van der Waals surface area contributed by atoms with Gasteiger partial charge in [-0.25, -0.2) is 0 Å². The first-order valence-electron chi connectivity index (χ1n) is 11.0. The molecule has 1 nitrogen and oxygen atoms in total. The van der Waals surface area contributed by atoms with Crippen molar-refractivity contribution in [3.8, 4) is 5.75 Å².